The van der Waals surface area contributed by atoms with Gasteiger partial charge in [0.1, 0.15) is 0 Å². The maximum Gasteiger partial charge on any atom is 0.612 e. The van der Waals surface area contributed by atoms with Gasteiger partial charge in [-0.2, -0.15) is 0 Å². The van der Waals surface area contributed by atoms with Crippen molar-refractivity contribution in [1.82, 2.24) is 10.4 Å². The fourth-order valence-corrected chi connectivity index (χ4v) is 1.27. The Balaban J connectivity index is 2.95. The molecule has 0 aliphatic heterocycles. The standard InChI is InChI=1S/C7H19N3O2P/c1-12-13(11)10-7-3-6-9-5-2-4-8/h9H,2-8H2,1H3,(H,10,11)/q+1. The molecule has 0 radical (unpaired) electrons. The molecule has 0 aliphatic carbocycles. The molecular formula is C7H19N3O2P+. The fourth-order valence-electron chi connectivity index (χ4n) is 0.800. The van der Waals surface area contributed by atoms with Gasteiger partial charge in [0.15, 0.2) is 0 Å². The van der Waals surface area contributed by atoms with Crippen LogP contribution in [0.2, 0.25) is 0 Å². The van der Waals surface area contributed by atoms with Crippen LogP contribution in [0.3, 0.4) is 0 Å². The lowest BCUT2D eigenvalue weighted by Crippen LogP contribution is -2.21. The summed E-state index contributed by atoms with van der Waals surface area (Å²) in [5.74, 6) is 0. The van der Waals surface area contributed by atoms with E-state index in [1.807, 2.05) is 0 Å². The largest absolute Gasteiger partial charge is 0.612 e. The highest BCUT2D eigenvalue weighted by Gasteiger charge is 2.11. The summed E-state index contributed by atoms with van der Waals surface area (Å²) in [6.07, 6.45) is 1.94. The Hall–Kier alpha value is -0.0600. The SMILES string of the molecule is CO[P+](=O)NCCCNCCCN. The Bertz CT molecular complexity index is 135. The van der Waals surface area contributed by atoms with Gasteiger partial charge in [0.05, 0.1) is 7.11 Å². The van der Waals surface area contributed by atoms with Crippen LogP contribution < -0.4 is 16.1 Å². The summed E-state index contributed by atoms with van der Waals surface area (Å²) < 4.78 is 15.3. The number of hydrogen-bond donors (Lipinski definition) is 3. The molecule has 1 unspecified atom stereocenters. The lowest BCUT2D eigenvalue weighted by atomic mass is 10.4. The van der Waals surface area contributed by atoms with Crippen molar-refractivity contribution in [2.24, 2.45) is 5.73 Å². The Morgan fingerprint density at radius 1 is 1.31 bits per heavy atom. The van der Waals surface area contributed by atoms with Gasteiger partial charge in [-0.25, -0.2) is 0 Å². The molecule has 5 nitrogen and oxygen atoms in total. The quantitative estimate of drug-likeness (QED) is 0.373. The summed E-state index contributed by atoms with van der Waals surface area (Å²) in [7, 11) is -0.232. The molecule has 0 amide bonds. The fraction of sp³-hybridized carbons (Fsp3) is 1.00. The van der Waals surface area contributed by atoms with Crippen molar-refractivity contribution in [3.63, 3.8) is 0 Å². The van der Waals surface area contributed by atoms with Gasteiger partial charge in [0.2, 0.25) is 0 Å². The molecule has 0 aromatic heterocycles. The van der Waals surface area contributed by atoms with E-state index in [4.69, 9.17) is 5.73 Å². The van der Waals surface area contributed by atoms with Crippen LogP contribution in [0.4, 0.5) is 0 Å². The van der Waals surface area contributed by atoms with Gasteiger partial charge >= 0.3 is 8.18 Å². The molecule has 0 rings (SSSR count). The highest BCUT2D eigenvalue weighted by atomic mass is 31.1. The molecule has 0 saturated heterocycles. The van der Waals surface area contributed by atoms with Gasteiger partial charge in [-0.05, 0) is 37.0 Å². The van der Waals surface area contributed by atoms with Crippen LogP contribution in [-0.4, -0.2) is 33.3 Å². The minimum Gasteiger partial charge on any atom is -0.330 e. The van der Waals surface area contributed by atoms with Crippen LogP contribution >= 0.6 is 8.18 Å². The third kappa shape index (κ3) is 9.86. The highest BCUT2D eigenvalue weighted by molar-refractivity contribution is 7.36. The minimum atomic E-state index is -1.65. The summed E-state index contributed by atoms with van der Waals surface area (Å²) in [6, 6.07) is 0. The summed E-state index contributed by atoms with van der Waals surface area (Å²) in [5.41, 5.74) is 5.32. The molecule has 0 aromatic carbocycles. The lowest BCUT2D eigenvalue weighted by Gasteiger charge is -2.00. The highest BCUT2D eigenvalue weighted by Crippen LogP contribution is 2.11. The second-order valence-electron chi connectivity index (χ2n) is 2.59. The maximum absolute atomic E-state index is 10.7. The molecule has 0 spiro atoms. The van der Waals surface area contributed by atoms with E-state index in [2.05, 4.69) is 14.9 Å². The molecule has 6 heteroatoms. The monoisotopic (exact) mass is 208 g/mol. The number of nitrogens with one attached hydrogen (secondary N) is 2. The molecule has 13 heavy (non-hydrogen) atoms. The third-order valence-corrected chi connectivity index (χ3v) is 2.31. The van der Waals surface area contributed by atoms with Crippen LogP contribution in [0.1, 0.15) is 12.8 Å². The van der Waals surface area contributed by atoms with E-state index in [-0.39, 0.29) is 0 Å². The molecule has 4 N–H and O–H groups in total. The molecule has 78 valence electrons. The van der Waals surface area contributed by atoms with E-state index in [0.29, 0.717) is 6.54 Å². The van der Waals surface area contributed by atoms with Crippen molar-refractivity contribution < 1.29 is 9.09 Å². The number of rotatable bonds is 9. The second-order valence-corrected chi connectivity index (χ2v) is 3.79. The predicted molar refractivity (Wildman–Crippen MR) is 53.8 cm³/mol. The molecule has 0 fully saturated rings. The molecule has 0 aromatic rings. The number of nitrogens with two attached hydrogens (primary N) is 1. The van der Waals surface area contributed by atoms with Crippen LogP contribution in [0, 0.1) is 0 Å². The third-order valence-electron chi connectivity index (χ3n) is 1.49. The zero-order valence-corrected chi connectivity index (χ0v) is 8.98. The van der Waals surface area contributed by atoms with Crippen molar-refractivity contribution in [3.05, 3.63) is 0 Å². The Morgan fingerprint density at radius 2 is 2.00 bits per heavy atom. The number of hydrogen-bond acceptors (Lipinski definition) is 4. The van der Waals surface area contributed by atoms with Crippen LogP contribution in [-0.2, 0) is 9.09 Å². The first-order valence-electron chi connectivity index (χ1n) is 4.47. The molecule has 0 bridgehead atoms. The zero-order chi connectivity index (χ0) is 9.94. The minimum absolute atomic E-state index is 0.707. The maximum atomic E-state index is 10.7. The van der Waals surface area contributed by atoms with E-state index in [1.165, 1.54) is 7.11 Å². The van der Waals surface area contributed by atoms with Crippen molar-refractivity contribution in [1.29, 1.82) is 0 Å². The van der Waals surface area contributed by atoms with Gasteiger partial charge in [0.25, 0.3) is 0 Å². The predicted octanol–water partition coefficient (Wildman–Crippen LogP) is 0.208. The second kappa shape index (κ2) is 10.0. The van der Waals surface area contributed by atoms with E-state index >= 15 is 0 Å². The van der Waals surface area contributed by atoms with Crippen LogP contribution in [0.25, 0.3) is 0 Å². The lowest BCUT2D eigenvalue weighted by molar-refractivity contribution is 0.404. The van der Waals surface area contributed by atoms with Crippen molar-refractivity contribution in [2.75, 3.05) is 33.3 Å². The van der Waals surface area contributed by atoms with Crippen molar-refractivity contribution >= 4 is 8.18 Å². The Kier molecular flexibility index (Phi) is 9.98. The molecule has 1 atom stereocenters. The van der Waals surface area contributed by atoms with E-state index in [0.717, 1.165) is 32.5 Å². The average Bonchev–Trinajstić information content (AvgIpc) is 2.16. The first kappa shape index (κ1) is 12.9. The van der Waals surface area contributed by atoms with Crippen LogP contribution in [0.5, 0.6) is 0 Å². The topological polar surface area (TPSA) is 76.4 Å². The van der Waals surface area contributed by atoms with E-state index in [1.54, 1.807) is 0 Å². The molecule has 0 heterocycles. The first-order chi connectivity index (χ1) is 6.31. The van der Waals surface area contributed by atoms with Crippen LogP contribution in [0.15, 0.2) is 0 Å². The molecular weight excluding hydrogens is 189 g/mol. The van der Waals surface area contributed by atoms with E-state index in [9.17, 15) is 4.57 Å². The summed E-state index contributed by atoms with van der Waals surface area (Å²) >= 11 is 0. The summed E-state index contributed by atoms with van der Waals surface area (Å²) in [6.45, 7) is 3.30. The average molecular weight is 208 g/mol. The smallest absolute Gasteiger partial charge is 0.330 e. The Morgan fingerprint density at radius 3 is 2.62 bits per heavy atom. The molecule has 0 saturated carbocycles. The Labute approximate surface area is 80.3 Å². The summed E-state index contributed by atoms with van der Waals surface area (Å²) in [5, 5.41) is 5.97. The van der Waals surface area contributed by atoms with Gasteiger partial charge < -0.3 is 11.1 Å². The first-order valence-corrected chi connectivity index (χ1v) is 5.64. The van der Waals surface area contributed by atoms with E-state index < -0.39 is 8.18 Å². The van der Waals surface area contributed by atoms with Gasteiger partial charge in [-0.3, -0.25) is 0 Å². The molecule has 0 aliphatic rings. The van der Waals surface area contributed by atoms with Gasteiger partial charge in [-0.1, -0.05) is 5.09 Å². The van der Waals surface area contributed by atoms with Gasteiger partial charge in [-0.15, -0.1) is 4.52 Å². The normalized spacial score (nSPS) is 11.7. The van der Waals surface area contributed by atoms with Crippen molar-refractivity contribution in [3.8, 4) is 0 Å². The van der Waals surface area contributed by atoms with Crippen molar-refractivity contribution in [2.45, 2.75) is 12.8 Å². The summed E-state index contributed by atoms with van der Waals surface area (Å²) in [4.78, 5) is 0. The van der Waals surface area contributed by atoms with Gasteiger partial charge in [0, 0.05) is 6.54 Å². The zero-order valence-electron chi connectivity index (χ0n) is 8.08.